The Kier molecular flexibility index (Phi) is 7.72. The van der Waals surface area contributed by atoms with Crippen LogP contribution in [0.5, 0.6) is 0 Å². The van der Waals surface area contributed by atoms with E-state index in [1.54, 1.807) is 0 Å². The zero-order valence-electron chi connectivity index (χ0n) is 8.72. The van der Waals surface area contributed by atoms with Crippen LogP contribution in [0.3, 0.4) is 0 Å². The second kappa shape index (κ2) is 7.90. The SMILES string of the molecule is COCCOCCC(O)CCC(F)(F)F. The summed E-state index contributed by atoms with van der Waals surface area (Å²) in [4.78, 5) is 0. The van der Waals surface area contributed by atoms with Crippen LogP contribution < -0.4 is 0 Å². The van der Waals surface area contributed by atoms with Crippen LogP contribution in [0.15, 0.2) is 0 Å². The Morgan fingerprint density at radius 3 is 2.33 bits per heavy atom. The molecule has 0 fully saturated rings. The van der Waals surface area contributed by atoms with Gasteiger partial charge in [-0.3, -0.25) is 0 Å². The van der Waals surface area contributed by atoms with Gasteiger partial charge in [-0.15, -0.1) is 0 Å². The average Bonchev–Trinajstić information content (AvgIpc) is 2.13. The van der Waals surface area contributed by atoms with E-state index in [1.807, 2.05) is 0 Å². The number of rotatable bonds is 8. The zero-order valence-corrected chi connectivity index (χ0v) is 8.72. The molecule has 3 nitrogen and oxygen atoms in total. The van der Waals surface area contributed by atoms with Crippen molar-refractivity contribution in [2.45, 2.75) is 31.5 Å². The first-order valence-corrected chi connectivity index (χ1v) is 4.77. The number of methoxy groups -OCH3 is 1. The zero-order chi connectivity index (χ0) is 11.7. The summed E-state index contributed by atoms with van der Waals surface area (Å²) in [5.74, 6) is 0. The van der Waals surface area contributed by atoms with Crippen molar-refractivity contribution in [1.29, 1.82) is 0 Å². The van der Waals surface area contributed by atoms with Gasteiger partial charge in [-0.05, 0) is 12.8 Å². The fraction of sp³-hybridized carbons (Fsp3) is 1.00. The molecule has 1 unspecified atom stereocenters. The summed E-state index contributed by atoms with van der Waals surface area (Å²) < 4.78 is 45.0. The summed E-state index contributed by atoms with van der Waals surface area (Å²) in [7, 11) is 1.53. The Morgan fingerprint density at radius 1 is 1.13 bits per heavy atom. The topological polar surface area (TPSA) is 38.7 Å². The lowest BCUT2D eigenvalue weighted by Gasteiger charge is -2.12. The average molecular weight is 230 g/mol. The molecular weight excluding hydrogens is 213 g/mol. The van der Waals surface area contributed by atoms with Crippen LogP contribution >= 0.6 is 0 Å². The van der Waals surface area contributed by atoms with Crippen molar-refractivity contribution in [3.8, 4) is 0 Å². The molecule has 0 aromatic heterocycles. The Bertz CT molecular complexity index is 150. The van der Waals surface area contributed by atoms with Gasteiger partial charge in [-0.25, -0.2) is 0 Å². The van der Waals surface area contributed by atoms with Gasteiger partial charge in [0.05, 0.1) is 19.3 Å². The highest BCUT2D eigenvalue weighted by atomic mass is 19.4. The summed E-state index contributed by atoms with van der Waals surface area (Å²) in [6, 6.07) is 0. The minimum atomic E-state index is -4.20. The van der Waals surface area contributed by atoms with E-state index in [9.17, 15) is 13.2 Å². The number of hydrogen-bond donors (Lipinski definition) is 1. The van der Waals surface area contributed by atoms with Gasteiger partial charge in [0.25, 0.3) is 0 Å². The molecule has 0 amide bonds. The Morgan fingerprint density at radius 2 is 1.80 bits per heavy atom. The number of halogens is 3. The molecule has 0 radical (unpaired) electrons. The van der Waals surface area contributed by atoms with Gasteiger partial charge in [-0.2, -0.15) is 13.2 Å². The lowest BCUT2D eigenvalue weighted by molar-refractivity contribution is -0.140. The van der Waals surface area contributed by atoms with E-state index in [1.165, 1.54) is 7.11 Å². The van der Waals surface area contributed by atoms with E-state index < -0.39 is 18.7 Å². The highest BCUT2D eigenvalue weighted by Gasteiger charge is 2.27. The summed E-state index contributed by atoms with van der Waals surface area (Å²) in [5.41, 5.74) is 0. The van der Waals surface area contributed by atoms with Crippen LogP contribution in [0.4, 0.5) is 13.2 Å². The fourth-order valence-corrected chi connectivity index (χ4v) is 0.938. The Balaban J connectivity index is 3.30. The van der Waals surface area contributed by atoms with Gasteiger partial charge in [0, 0.05) is 20.1 Å². The summed E-state index contributed by atoms with van der Waals surface area (Å²) >= 11 is 0. The van der Waals surface area contributed by atoms with Crippen molar-refractivity contribution in [1.82, 2.24) is 0 Å². The fourth-order valence-electron chi connectivity index (χ4n) is 0.938. The quantitative estimate of drug-likeness (QED) is 0.645. The van der Waals surface area contributed by atoms with Crippen molar-refractivity contribution in [3.63, 3.8) is 0 Å². The van der Waals surface area contributed by atoms with Crippen molar-refractivity contribution in [3.05, 3.63) is 0 Å². The van der Waals surface area contributed by atoms with E-state index in [0.717, 1.165) is 0 Å². The van der Waals surface area contributed by atoms with Crippen molar-refractivity contribution >= 4 is 0 Å². The molecule has 0 spiro atoms. The molecule has 0 aliphatic rings. The van der Waals surface area contributed by atoms with Gasteiger partial charge < -0.3 is 14.6 Å². The van der Waals surface area contributed by atoms with E-state index in [0.29, 0.717) is 13.2 Å². The van der Waals surface area contributed by atoms with Crippen LogP contribution in [-0.2, 0) is 9.47 Å². The maximum atomic E-state index is 11.7. The molecule has 0 aromatic carbocycles. The molecule has 0 aliphatic carbocycles. The molecule has 0 saturated heterocycles. The largest absolute Gasteiger partial charge is 0.393 e. The molecule has 0 bridgehead atoms. The highest BCUT2D eigenvalue weighted by Crippen LogP contribution is 2.22. The molecule has 0 aliphatic heterocycles. The maximum Gasteiger partial charge on any atom is 0.389 e. The molecular formula is C9H17F3O3. The molecule has 15 heavy (non-hydrogen) atoms. The normalized spacial score (nSPS) is 14.2. The molecule has 0 aromatic rings. The Labute approximate surface area is 87.2 Å². The predicted octanol–water partition coefficient (Wildman–Crippen LogP) is 1.74. The third kappa shape index (κ3) is 11.6. The van der Waals surface area contributed by atoms with Crippen LogP contribution in [0.2, 0.25) is 0 Å². The lowest BCUT2D eigenvalue weighted by Crippen LogP contribution is -2.16. The van der Waals surface area contributed by atoms with Crippen LogP contribution in [0, 0.1) is 0 Å². The van der Waals surface area contributed by atoms with E-state index in [2.05, 4.69) is 0 Å². The van der Waals surface area contributed by atoms with Crippen molar-refractivity contribution in [2.24, 2.45) is 0 Å². The van der Waals surface area contributed by atoms with Gasteiger partial charge >= 0.3 is 6.18 Å². The standard InChI is InChI=1S/C9H17F3O3/c1-14-6-7-15-5-3-8(13)2-4-9(10,11)12/h8,13H,2-7H2,1H3. The van der Waals surface area contributed by atoms with Gasteiger partial charge in [-0.1, -0.05) is 0 Å². The maximum absolute atomic E-state index is 11.7. The molecule has 0 rings (SSSR count). The van der Waals surface area contributed by atoms with Gasteiger partial charge in [0.2, 0.25) is 0 Å². The van der Waals surface area contributed by atoms with E-state index >= 15 is 0 Å². The number of hydrogen-bond acceptors (Lipinski definition) is 3. The number of aliphatic hydroxyl groups is 1. The van der Waals surface area contributed by atoms with Crippen LogP contribution in [0.1, 0.15) is 19.3 Å². The second-order valence-electron chi connectivity index (χ2n) is 3.20. The van der Waals surface area contributed by atoms with E-state index in [-0.39, 0.29) is 19.4 Å². The minimum Gasteiger partial charge on any atom is -0.393 e. The first-order chi connectivity index (χ1) is 6.95. The monoisotopic (exact) mass is 230 g/mol. The smallest absolute Gasteiger partial charge is 0.389 e. The minimum absolute atomic E-state index is 0.222. The van der Waals surface area contributed by atoms with E-state index in [4.69, 9.17) is 14.6 Å². The summed E-state index contributed by atoms with van der Waals surface area (Å²) in [6.07, 6.45) is -6.14. The third-order valence-electron chi connectivity index (χ3n) is 1.79. The molecule has 92 valence electrons. The second-order valence-corrected chi connectivity index (χ2v) is 3.20. The Hall–Kier alpha value is -0.330. The highest BCUT2D eigenvalue weighted by molar-refractivity contribution is 4.59. The third-order valence-corrected chi connectivity index (χ3v) is 1.79. The molecule has 0 saturated carbocycles. The predicted molar refractivity (Wildman–Crippen MR) is 48.6 cm³/mol. The van der Waals surface area contributed by atoms with Crippen molar-refractivity contribution < 1.29 is 27.8 Å². The summed E-state index contributed by atoms with van der Waals surface area (Å²) in [6.45, 7) is 1.09. The first kappa shape index (κ1) is 14.7. The lowest BCUT2D eigenvalue weighted by atomic mass is 10.1. The number of ether oxygens (including phenoxy) is 2. The molecule has 6 heteroatoms. The number of alkyl halides is 3. The van der Waals surface area contributed by atoms with Gasteiger partial charge in [0.1, 0.15) is 0 Å². The van der Waals surface area contributed by atoms with Crippen molar-refractivity contribution in [2.75, 3.05) is 26.9 Å². The molecule has 1 N–H and O–H groups in total. The summed E-state index contributed by atoms with van der Waals surface area (Å²) in [5, 5.41) is 9.16. The molecule has 0 heterocycles. The van der Waals surface area contributed by atoms with Crippen LogP contribution in [-0.4, -0.2) is 44.3 Å². The number of aliphatic hydroxyl groups excluding tert-OH is 1. The van der Waals surface area contributed by atoms with Gasteiger partial charge in [0.15, 0.2) is 0 Å². The first-order valence-electron chi connectivity index (χ1n) is 4.77. The molecule has 1 atom stereocenters. The van der Waals surface area contributed by atoms with Crippen LogP contribution in [0.25, 0.3) is 0 Å².